The summed E-state index contributed by atoms with van der Waals surface area (Å²) in [4.78, 5) is 10.5. The van der Waals surface area contributed by atoms with Gasteiger partial charge in [0.2, 0.25) is 0 Å². The summed E-state index contributed by atoms with van der Waals surface area (Å²) in [6.45, 7) is 2.32. The Balaban J connectivity index is 2.67. The Labute approximate surface area is 48.1 Å². The van der Waals surface area contributed by atoms with E-state index in [1.807, 2.05) is 6.08 Å². The van der Waals surface area contributed by atoms with Crippen molar-refractivity contribution < 1.29 is 9.53 Å². The van der Waals surface area contributed by atoms with Crippen molar-refractivity contribution in [3.05, 3.63) is 11.6 Å². The third kappa shape index (κ3) is 0.886. The maximum atomic E-state index is 10.5. The normalized spacial score (nSPS) is 19.6. The molecular weight excluding hydrogens is 104 g/mol. The lowest BCUT2D eigenvalue weighted by Gasteiger charge is -2.07. The summed E-state index contributed by atoms with van der Waals surface area (Å²) in [5.74, 6) is -0.170. The highest BCUT2D eigenvalue weighted by atomic mass is 16.5. The van der Waals surface area contributed by atoms with Gasteiger partial charge in [0, 0.05) is 12.0 Å². The minimum Gasteiger partial charge on any atom is -0.462 e. The van der Waals surface area contributed by atoms with Crippen LogP contribution in [0.25, 0.3) is 0 Å². The van der Waals surface area contributed by atoms with Crippen molar-refractivity contribution in [2.75, 3.05) is 6.61 Å². The maximum Gasteiger partial charge on any atom is 0.333 e. The van der Waals surface area contributed by atoms with Crippen LogP contribution in [-0.2, 0) is 9.53 Å². The molecule has 0 N–H and O–H groups in total. The van der Waals surface area contributed by atoms with Crippen LogP contribution in [0.15, 0.2) is 11.6 Å². The van der Waals surface area contributed by atoms with Gasteiger partial charge < -0.3 is 4.74 Å². The molecule has 8 heavy (non-hydrogen) atoms. The Morgan fingerprint density at radius 1 is 1.75 bits per heavy atom. The maximum absolute atomic E-state index is 10.5. The molecule has 1 heterocycles. The van der Waals surface area contributed by atoms with Crippen molar-refractivity contribution in [3.8, 4) is 0 Å². The van der Waals surface area contributed by atoms with Crippen molar-refractivity contribution in [3.63, 3.8) is 0 Å². The SMILES string of the molecule is CC1=CCCOC1=O. The zero-order valence-corrected chi connectivity index (χ0v) is 4.81. The van der Waals surface area contributed by atoms with Crippen molar-refractivity contribution in [1.29, 1.82) is 0 Å². The van der Waals surface area contributed by atoms with Crippen molar-refractivity contribution >= 4 is 5.97 Å². The number of esters is 1. The summed E-state index contributed by atoms with van der Waals surface area (Å²) in [7, 11) is 0. The molecule has 0 aromatic heterocycles. The van der Waals surface area contributed by atoms with Crippen molar-refractivity contribution in [1.82, 2.24) is 0 Å². The van der Waals surface area contributed by atoms with Gasteiger partial charge in [-0.05, 0) is 6.92 Å². The minimum absolute atomic E-state index is 0.170. The molecule has 1 aliphatic heterocycles. The monoisotopic (exact) mass is 112 g/mol. The number of hydrogen-bond donors (Lipinski definition) is 0. The number of cyclic esters (lactones) is 1. The molecule has 0 fully saturated rings. The lowest BCUT2D eigenvalue weighted by molar-refractivity contribution is -0.139. The van der Waals surface area contributed by atoms with Crippen LogP contribution in [0.5, 0.6) is 0 Å². The zero-order chi connectivity index (χ0) is 5.98. The Hall–Kier alpha value is -0.790. The molecule has 0 spiro atoms. The van der Waals surface area contributed by atoms with Crippen LogP contribution in [0.1, 0.15) is 13.3 Å². The molecule has 1 rings (SSSR count). The highest BCUT2D eigenvalue weighted by molar-refractivity contribution is 5.88. The Morgan fingerprint density at radius 2 is 2.50 bits per heavy atom. The topological polar surface area (TPSA) is 26.3 Å². The van der Waals surface area contributed by atoms with Crippen LogP contribution >= 0.6 is 0 Å². The summed E-state index contributed by atoms with van der Waals surface area (Å²) < 4.78 is 4.68. The Kier molecular flexibility index (Phi) is 1.33. The van der Waals surface area contributed by atoms with Crippen LogP contribution in [0.4, 0.5) is 0 Å². The summed E-state index contributed by atoms with van der Waals surface area (Å²) >= 11 is 0. The Bertz CT molecular complexity index is 135. The van der Waals surface area contributed by atoms with E-state index in [4.69, 9.17) is 0 Å². The molecule has 0 bridgehead atoms. The van der Waals surface area contributed by atoms with Crippen LogP contribution in [0.2, 0.25) is 0 Å². The lowest BCUT2D eigenvalue weighted by Crippen LogP contribution is -2.11. The summed E-state index contributed by atoms with van der Waals surface area (Å²) in [6, 6.07) is 0. The molecule has 0 unspecified atom stereocenters. The second-order valence-corrected chi connectivity index (χ2v) is 1.81. The fourth-order valence-electron chi connectivity index (χ4n) is 0.624. The zero-order valence-electron chi connectivity index (χ0n) is 4.81. The fourth-order valence-corrected chi connectivity index (χ4v) is 0.624. The van der Waals surface area contributed by atoms with Gasteiger partial charge in [-0.2, -0.15) is 0 Å². The van der Waals surface area contributed by atoms with E-state index in [0.29, 0.717) is 6.61 Å². The quantitative estimate of drug-likeness (QED) is 0.435. The second kappa shape index (κ2) is 1.99. The number of hydrogen-bond acceptors (Lipinski definition) is 2. The van der Waals surface area contributed by atoms with Crippen LogP contribution in [-0.4, -0.2) is 12.6 Å². The van der Waals surface area contributed by atoms with E-state index in [9.17, 15) is 4.79 Å². The van der Waals surface area contributed by atoms with E-state index in [1.165, 1.54) is 0 Å². The largest absolute Gasteiger partial charge is 0.462 e. The number of rotatable bonds is 0. The lowest BCUT2D eigenvalue weighted by atomic mass is 10.2. The molecule has 0 aromatic carbocycles. The van der Waals surface area contributed by atoms with Gasteiger partial charge in [-0.15, -0.1) is 0 Å². The van der Waals surface area contributed by atoms with Gasteiger partial charge in [0.1, 0.15) is 0 Å². The third-order valence-electron chi connectivity index (χ3n) is 1.12. The molecule has 2 nitrogen and oxygen atoms in total. The predicted octanol–water partition coefficient (Wildman–Crippen LogP) is 0.880. The third-order valence-corrected chi connectivity index (χ3v) is 1.12. The molecule has 2 heteroatoms. The highest BCUT2D eigenvalue weighted by Crippen LogP contribution is 2.04. The number of carbonyl (C=O) groups excluding carboxylic acids is 1. The fraction of sp³-hybridized carbons (Fsp3) is 0.500. The summed E-state index contributed by atoms with van der Waals surface area (Å²) in [5, 5.41) is 0. The van der Waals surface area contributed by atoms with Gasteiger partial charge in [0.15, 0.2) is 0 Å². The van der Waals surface area contributed by atoms with Crippen LogP contribution < -0.4 is 0 Å². The molecule has 44 valence electrons. The van der Waals surface area contributed by atoms with Gasteiger partial charge in [0.25, 0.3) is 0 Å². The molecule has 0 aliphatic carbocycles. The molecule has 0 saturated carbocycles. The van der Waals surface area contributed by atoms with Gasteiger partial charge in [-0.3, -0.25) is 0 Å². The second-order valence-electron chi connectivity index (χ2n) is 1.81. The van der Waals surface area contributed by atoms with Crippen LogP contribution in [0.3, 0.4) is 0 Å². The first-order chi connectivity index (χ1) is 3.80. The van der Waals surface area contributed by atoms with Gasteiger partial charge in [-0.1, -0.05) is 6.08 Å². The van der Waals surface area contributed by atoms with Crippen molar-refractivity contribution in [2.24, 2.45) is 0 Å². The Morgan fingerprint density at radius 3 is 2.88 bits per heavy atom. The molecule has 0 atom stereocenters. The average molecular weight is 112 g/mol. The van der Waals surface area contributed by atoms with E-state index in [2.05, 4.69) is 4.74 Å². The first-order valence-electron chi connectivity index (χ1n) is 2.64. The predicted molar refractivity (Wildman–Crippen MR) is 29.3 cm³/mol. The number of carbonyl (C=O) groups is 1. The molecule has 0 radical (unpaired) electrons. The van der Waals surface area contributed by atoms with Crippen molar-refractivity contribution in [2.45, 2.75) is 13.3 Å². The van der Waals surface area contributed by atoms with E-state index < -0.39 is 0 Å². The highest BCUT2D eigenvalue weighted by Gasteiger charge is 2.07. The van der Waals surface area contributed by atoms with E-state index in [0.717, 1.165) is 12.0 Å². The van der Waals surface area contributed by atoms with Gasteiger partial charge in [0.05, 0.1) is 6.61 Å². The molecule has 1 aliphatic rings. The van der Waals surface area contributed by atoms with E-state index in [-0.39, 0.29) is 5.97 Å². The van der Waals surface area contributed by atoms with E-state index in [1.54, 1.807) is 6.92 Å². The van der Waals surface area contributed by atoms with Gasteiger partial charge in [-0.25, -0.2) is 4.79 Å². The molecular formula is C6H8O2. The minimum atomic E-state index is -0.170. The summed E-state index contributed by atoms with van der Waals surface area (Å²) in [5.41, 5.74) is 0.733. The van der Waals surface area contributed by atoms with Gasteiger partial charge >= 0.3 is 5.97 Å². The molecule has 0 saturated heterocycles. The smallest absolute Gasteiger partial charge is 0.333 e. The molecule has 0 aromatic rings. The average Bonchev–Trinajstić information content (AvgIpc) is 1.77. The standard InChI is InChI=1S/C6H8O2/c1-5-3-2-4-8-6(5)7/h3H,2,4H2,1H3. The molecule has 0 amide bonds. The van der Waals surface area contributed by atoms with Crippen LogP contribution in [0, 0.1) is 0 Å². The van der Waals surface area contributed by atoms with E-state index >= 15 is 0 Å². The summed E-state index contributed by atoms with van der Waals surface area (Å²) in [6.07, 6.45) is 2.77. The first-order valence-corrected chi connectivity index (χ1v) is 2.64. The number of ether oxygens (including phenoxy) is 1. The first kappa shape index (κ1) is 5.35.